The van der Waals surface area contributed by atoms with Crippen molar-refractivity contribution < 1.29 is 23.0 Å². The van der Waals surface area contributed by atoms with E-state index in [0.29, 0.717) is 22.0 Å². The average molecular weight is 447 g/mol. The molecule has 0 saturated heterocycles. The minimum atomic E-state index is -3.00. The van der Waals surface area contributed by atoms with Crippen LogP contribution in [0.2, 0.25) is 0 Å². The number of rotatable bonds is 8. The van der Waals surface area contributed by atoms with Crippen LogP contribution >= 0.6 is 12.2 Å². The third-order valence-corrected chi connectivity index (χ3v) is 4.78. The standard InChI is InChI=1S/C21H19F2N3O4S/c1-3-8-26-19(28)14-6-5-13(10-15(14)25-21(26)31)18(27)24-11-12-4-7-16(29-2)17(9-12)30-20(22)23/h3-7,9-10,20H,1,8,11H2,2H3,(H,24,27)(H,25,31). The molecule has 3 aromatic rings. The van der Waals surface area contributed by atoms with Gasteiger partial charge < -0.3 is 19.8 Å². The third kappa shape index (κ3) is 4.97. The lowest BCUT2D eigenvalue weighted by molar-refractivity contribution is -0.0512. The fourth-order valence-corrected chi connectivity index (χ4v) is 3.26. The minimum Gasteiger partial charge on any atom is -0.493 e. The third-order valence-electron chi connectivity index (χ3n) is 4.45. The van der Waals surface area contributed by atoms with Crippen LogP contribution in [0.25, 0.3) is 10.9 Å². The highest BCUT2D eigenvalue weighted by Gasteiger charge is 2.13. The smallest absolute Gasteiger partial charge is 0.387 e. The lowest BCUT2D eigenvalue weighted by atomic mass is 10.1. The maximum Gasteiger partial charge on any atom is 0.387 e. The van der Waals surface area contributed by atoms with Gasteiger partial charge >= 0.3 is 6.61 Å². The molecule has 0 fully saturated rings. The highest BCUT2D eigenvalue weighted by Crippen LogP contribution is 2.29. The fraction of sp³-hybridized carbons (Fsp3) is 0.190. The molecule has 2 aromatic carbocycles. The predicted octanol–water partition coefficient (Wildman–Crippen LogP) is 3.79. The highest BCUT2D eigenvalue weighted by molar-refractivity contribution is 7.71. The molecular formula is C21H19F2N3O4S. The molecule has 3 rings (SSSR count). The molecule has 0 unspecified atom stereocenters. The molecule has 0 aliphatic heterocycles. The van der Waals surface area contributed by atoms with Crippen molar-refractivity contribution in [1.29, 1.82) is 0 Å². The molecule has 31 heavy (non-hydrogen) atoms. The number of hydrogen-bond donors (Lipinski definition) is 2. The average Bonchev–Trinajstić information content (AvgIpc) is 2.74. The minimum absolute atomic E-state index is 0.0669. The predicted molar refractivity (Wildman–Crippen MR) is 114 cm³/mol. The van der Waals surface area contributed by atoms with Gasteiger partial charge in [0.05, 0.1) is 18.0 Å². The molecule has 10 heteroatoms. The van der Waals surface area contributed by atoms with E-state index in [1.54, 1.807) is 18.2 Å². The van der Waals surface area contributed by atoms with Crippen LogP contribution in [0.4, 0.5) is 8.78 Å². The second kappa shape index (κ2) is 9.52. The summed E-state index contributed by atoms with van der Waals surface area (Å²) >= 11 is 5.20. The van der Waals surface area contributed by atoms with Crippen LogP contribution < -0.4 is 20.3 Å². The Morgan fingerprint density at radius 2 is 2.06 bits per heavy atom. The topological polar surface area (TPSA) is 85.3 Å². The van der Waals surface area contributed by atoms with Gasteiger partial charge in [-0.25, -0.2) is 0 Å². The molecule has 0 spiro atoms. The van der Waals surface area contributed by atoms with E-state index in [0.717, 1.165) is 0 Å². The maximum atomic E-state index is 12.6. The Bertz CT molecular complexity index is 1250. The van der Waals surface area contributed by atoms with Gasteiger partial charge in [-0.15, -0.1) is 6.58 Å². The van der Waals surface area contributed by atoms with Crippen molar-refractivity contribution in [3.63, 3.8) is 0 Å². The monoisotopic (exact) mass is 447 g/mol. The van der Waals surface area contributed by atoms with Crippen LogP contribution in [0.3, 0.4) is 0 Å². The number of methoxy groups -OCH3 is 1. The number of nitrogens with one attached hydrogen (secondary N) is 2. The van der Waals surface area contributed by atoms with Gasteiger partial charge in [0, 0.05) is 18.7 Å². The summed E-state index contributed by atoms with van der Waals surface area (Å²) in [6, 6.07) is 9.05. The van der Waals surface area contributed by atoms with Gasteiger partial charge in [0.1, 0.15) is 0 Å². The first-order valence-corrected chi connectivity index (χ1v) is 9.52. The lowest BCUT2D eigenvalue weighted by Crippen LogP contribution is -2.24. The Morgan fingerprint density at radius 1 is 1.29 bits per heavy atom. The van der Waals surface area contributed by atoms with Crippen LogP contribution in [0, 0.1) is 4.77 Å². The first-order valence-electron chi connectivity index (χ1n) is 9.11. The number of benzene rings is 2. The Labute approximate surface area is 180 Å². The second-order valence-corrected chi connectivity index (χ2v) is 6.83. The van der Waals surface area contributed by atoms with Crippen molar-refractivity contribution in [2.75, 3.05) is 7.11 Å². The zero-order chi connectivity index (χ0) is 22.5. The van der Waals surface area contributed by atoms with Crippen LogP contribution in [0.15, 0.2) is 53.8 Å². The van der Waals surface area contributed by atoms with Crippen molar-refractivity contribution >= 4 is 29.0 Å². The number of nitrogens with zero attached hydrogens (tertiary/aromatic N) is 1. The number of halogens is 2. The second-order valence-electron chi connectivity index (χ2n) is 6.44. The summed E-state index contributed by atoms with van der Waals surface area (Å²) in [5.74, 6) is -0.385. The van der Waals surface area contributed by atoms with Crippen molar-refractivity contribution in [2.45, 2.75) is 19.7 Å². The quantitative estimate of drug-likeness (QED) is 0.406. The SMILES string of the molecule is C=CCn1c(=S)[nH]c2cc(C(=O)NCc3ccc(OC)c(OC(F)F)c3)ccc2c1=O. The number of amides is 1. The van der Waals surface area contributed by atoms with E-state index < -0.39 is 12.5 Å². The number of aromatic nitrogens is 2. The number of hydrogen-bond acceptors (Lipinski definition) is 5. The molecule has 0 aliphatic carbocycles. The van der Waals surface area contributed by atoms with Crippen molar-refractivity contribution in [3.05, 3.63) is 75.3 Å². The Balaban J connectivity index is 1.81. The zero-order valence-corrected chi connectivity index (χ0v) is 17.3. The van der Waals surface area contributed by atoms with Crippen LogP contribution in [0.5, 0.6) is 11.5 Å². The molecule has 1 heterocycles. The number of allylic oxidation sites excluding steroid dienone is 1. The Morgan fingerprint density at radius 3 is 2.74 bits per heavy atom. The highest BCUT2D eigenvalue weighted by atomic mass is 32.1. The van der Waals surface area contributed by atoms with E-state index in [1.165, 1.54) is 35.9 Å². The van der Waals surface area contributed by atoms with E-state index in [9.17, 15) is 18.4 Å². The Hall–Kier alpha value is -3.53. The number of alkyl halides is 2. The number of carbonyl (C=O) groups excluding carboxylic acids is 1. The summed E-state index contributed by atoms with van der Waals surface area (Å²) in [5, 5.41) is 3.08. The molecule has 0 aliphatic rings. The molecular weight excluding hydrogens is 428 g/mol. The normalized spacial score (nSPS) is 10.8. The molecule has 1 amide bonds. The summed E-state index contributed by atoms with van der Waals surface area (Å²) in [4.78, 5) is 28.0. The van der Waals surface area contributed by atoms with Gasteiger partial charge in [0.15, 0.2) is 16.3 Å². The van der Waals surface area contributed by atoms with Gasteiger partial charge in [-0.05, 0) is 48.1 Å². The summed E-state index contributed by atoms with van der Waals surface area (Å²) in [7, 11) is 1.34. The number of aromatic amines is 1. The number of carbonyl (C=O) groups is 1. The van der Waals surface area contributed by atoms with Crippen LogP contribution in [-0.2, 0) is 13.1 Å². The first-order chi connectivity index (χ1) is 14.8. The van der Waals surface area contributed by atoms with E-state index in [2.05, 4.69) is 21.6 Å². The van der Waals surface area contributed by atoms with Gasteiger partial charge in [0.2, 0.25) is 0 Å². The maximum absolute atomic E-state index is 12.6. The van der Waals surface area contributed by atoms with E-state index in [1.807, 2.05) is 0 Å². The molecule has 0 radical (unpaired) electrons. The summed E-state index contributed by atoms with van der Waals surface area (Å²) in [6.45, 7) is 0.940. The number of ether oxygens (including phenoxy) is 2. The molecule has 2 N–H and O–H groups in total. The van der Waals surface area contributed by atoms with Gasteiger partial charge in [0.25, 0.3) is 11.5 Å². The summed E-state index contributed by atoms with van der Waals surface area (Å²) in [6.07, 6.45) is 1.57. The zero-order valence-electron chi connectivity index (χ0n) is 16.5. The van der Waals surface area contributed by atoms with Crippen molar-refractivity contribution in [2.24, 2.45) is 0 Å². The molecule has 0 saturated carbocycles. The number of H-pyrrole nitrogens is 1. The molecule has 1 aromatic heterocycles. The van der Waals surface area contributed by atoms with E-state index in [-0.39, 0.29) is 34.9 Å². The van der Waals surface area contributed by atoms with Crippen LogP contribution in [-0.4, -0.2) is 29.2 Å². The number of fused-ring (bicyclic) bond motifs is 1. The Kier molecular flexibility index (Phi) is 6.81. The molecule has 0 bridgehead atoms. The van der Waals surface area contributed by atoms with Gasteiger partial charge in [-0.2, -0.15) is 8.78 Å². The van der Waals surface area contributed by atoms with Gasteiger partial charge in [-0.1, -0.05) is 12.1 Å². The summed E-state index contributed by atoms with van der Waals surface area (Å²) in [5.41, 5.74) is 0.990. The fourth-order valence-electron chi connectivity index (χ4n) is 2.99. The van der Waals surface area contributed by atoms with Gasteiger partial charge in [-0.3, -0.25) is 14.2 Å². The van der Waals surface area contributed by atoms with E-state index in [4.69, 9.17) is 17.0 Å². The summed E-state index contributed by atoms with van der Waals surface area (Å²) < 4.78 is 36.2. The molecule has 7 nitrogen and oxygen atoms in total. The van der Waals surface area contributed by atoms with Crippen LogP contribution in [0.1, 0.15) is 15.9 Å². The van der Waals surface area contributed by atoms with Crippen molar-refractivity contribution in [3.8, 4) is 11.5 Å². The molecule has 0 atom stereocenters. The molecule has 162 valence electrons. The largest absolute Gasteiger partial charge is 0.493 e. The van der Waals surface area contributed by atoms with E-state index >= 15 is 0 Å². The first kappa shape index (κ1) is 22.2. The lowest BCUT2D eigenvalue weighted by Gasteiger charge is -2.12. The van der Waals surface area contributed by atoms with Crippen molar-refractivity contribution in [1.82, 2.24) is 14.9 Å².